The molecule has 1 aromatic rings. The molecule has 2 N–H and O–H groups in total. The first-order valence-corrected chi connectivity index (χ1v) is 8.42. The third-order valence-electron chi connectivity index (χ3n) is 3.27. The molecule has 1 heterocycles. The molecule has 1 atom stereocenters. The van der Waals surface area contributed by atoms with Crippen LogP contribution in [-0.2, 0) is 10.0 Å². The summed E-state index contributed by atoms with van der Waals surface area (Å²) in [5.41, 5.74) is 1.06. The van der Waals surface area contributed by atoms with E-state index in [0.29, 0.717) is 17.8 Å². The Bertz CT molecular complexity index is 644. The number of quaternary nitrogens is 1. The maximum Gasteiger partial charge on any atom is 0.232 e. The maximum atomic E-state index is 12.1. The van der Waals surface area contributed by atoms with E-state index in [1.54, 1.807) is 31.2 Å². The Morgan fingerprint density at radius 3 is 2.45 bits per heavy atom. The minimum atomic E-state index is -3.28. The van der Waals surface area contributed by atoms with E-state index in [0.717, 1.165) is 11.6 Å². The van der Waals surface area contributed by atoms with E-state index >= 15 is 0 Å². The van der Waals surface area contributed by atoms with E-state index in [1.807, 2.05) is 24.3 Å². The molecule has 0 amide bonds. The lowest BCUT2D eigenvalue weighted by atomic mass is 10.1. The summed E-state index contributed by atoms with van der Waals surface area (Å²) in [5, 5.41) is 0. The topological polar surface area (TPSA) is 70.9 Å². The van der Waals surface area contributed by atoms with Crippen LogP contribution in [0.2, 0.25) is 0 Å². The minimum absolute atomic E-state index is 0. The first kappa shape index (κ1) is 18.5. The zero-order chi connectivity index (χ0) is 15.5. The molecule has 0 saturated carbocycles. The number of hydrogen-bond acceptors (Lipinski definition) is 4. The number of sulfonamides is 1. The van der Waals surface area contributed by atoms with Crippen LogP contribution in [0.15, 0.2) is 36.7 Å². The van der Waals surface area contributed by atoms with Crippen LogP contribution < -0.4 is 22.0 Å². The molecule has 6 nitrogen and oxygen atoms in total. The summed E-state index contributed by atoms with van der Waals surface area (Å²) >= 11 is 0. The van der Waals surface area contributed by atoms with Crippen LogP contribution >= 0.6 is 0 Å². The van der Waals surface area contributed by atoms with Gasteiger partial charge in [0.25, 0.3) is 0 Å². The number of benzene rings is 1. The first-order valence-electron chi connectivity index (χ1n) is 6.76. The highest BCUT2D eigenvalue weighted by atomic mass is 35.5. The lowest BCUT2D eigenvalue weighted by Crippen LogP contribution is -3.08. The molecule has 0 saturated heterocycles. The van der Waals surface area contributed by atoms with Crippen molar-refractivity contribution in [2.45, 2.75) is 6.92 Å². The molecule has 0 aliphatic carbocycles. The molecule has 1 aliphatic rings. The second kappa shape index (κ2) is 7.62. The Hall–Kier alpha value is -1.57. The van der Waals surface area contributed by atoms with Crippen LogP contribution in [0.1, 0.15) is 17.3 Å². The van der Waals surface area contributed by atoms with Gasteiger partial charge in [-0.15, -0.1) is 0 Å². The van der Waals surface area contributed by atoms with Gasteiger partial charge in [-0.3, -0.25) is 14.4 Å². The van der Waals surface area contributed by atoms with Crippen molar-refractivity contribution in [2.24, 2.45) is 0 Å². The molecule has 1 aliphatic heterocycles. The van der Waals surface area contributed by atoms with Crippen molar-refractivity contribution in [2.75, 3.05) is 30.7 Å². The highest BCUT2D eigenvalue weighted by Gasteiger charge is 2.18. The number of nitrogens with zero attached hydrogens (tertiary/aromatic N) is 1. The number of anilines is 1. The van der Waals surface area contributed by atoms with E-state index in [-0.39, 0.29) is 23.9 Å². The SMILES string of the molecule is CCS(=O)(=O)Nc1ccc(C(=O)C[NH+]2C=CN(C)C2)cc1.[Cl-]. The Labute approximate surface area is 137 Å². The number of carbonyl (C=O) groups excluding carboxylic acids is 1. The lowest BCUT2D eigenvalue weighted by Gasteiger charge is -2.12. The summed E-state index contributed by atoms with van der Waals surface area (Å²) in [7, 11) is -1.32. The summed E-state index contributed by atoms with van der Waals surface area (Å²) in [6, 6.07) is 6.53. The van der Waals surface area contributed by atoms with Crippen molar-refractivity contribution < 1.29 is 30.5 Å². The fourth-order valence-electron chi connectivity index (χ4n) is 2.06. The summed E-state index contributed by atoms with van der Waals surface area (Å²) in [5.74, 6) is 0.0566. The molecule has 8 heteroatoms. The van der Waals surface area contributed by atoms with Gasteiger partial charge in [0.1, 0.15) is 12.7 Å². The largest absolute Gasteiger partial charge is 1.00 e. The molecule has 0 spiro atoms. The third-order valence-corrected chi connectivity index (χ3v) is 4.57. The summed E-state index contributed by atoms with van der Waals surface area (Å²) in [4.78, 5) is 15.2. The Morgan fingerprint density at radius 2 is 1.95 bits per heavy atom. The smallest absolute Gasteiger partial charge is 0.232 e. The van der Waals surface area contributed by atoms with Crippen LogP contribution in [0.3, 0.4) is 0 Å². The monoisotopic (exact) mass is 345 g/mol. The normalized spacial score (nSPS) is 17.2. The quantitative estimate of drug-likeness (QED) is 0.536. The molecule has 122 valence electrons. The molecule has 2 rings (SSSR count). The highest BCUT2D eigenvalue weighted by molar-refractivity contribution is 7.92. The fraction of sp³-hybridized carbons (Fsp3) is 0.357. The average Bonchev–Trinajstić information content (AvgIpc) is 2.84. The van der Waals surface area contributed by atoms with E-state index in [2.05, 4.69) is 4.72 Å². The molecule has 0 radical (unpaired) electrons. The highest BCUT2D eigenvalue weighted by Crippen LogP contribution is 2.11. The Morgan fingerprint density at radius 1 is 1.32 bits per heavy atom. The molecule has 0 fully saturated rings. The van der Waals surface area contributed by atoms with Gasteiger partial charge in [0.2, 0.25) is 15.8 Å². The molecule has 1 aromatic carbocycles. The van der Waals surface area contributed by atoms with Crippen molar-refractivity contribution in [3.8, 4) is 0 Å². The number of carbonyl (C=O) groups is 1. The standard InChI is InChI=1S/C14H19N3O3S.ClH/c1-3-21(19,20)15-13-6-4-12(5-7-13)14(18)10-17-9-8-16(2)11-17;/h4-9,15H,3,10-11H2,1-2H3;1H. The fourth-order valence-corrected chi connectivity index (χ4v) is 2.70. The molecule has 1 unspecified atom stereocenters. The molecule has 0 bridgehead atoms. The van der Waals surface area contributed by atoms with Crippen LogP contribution in [0, 0.1) is 0 Å². The second-order valence-electron chi connectivity index (χ2n) is 5.07. The minimum Gasteiger partial charge on any atom is -1.00 e. The summed E-state index contributed by atoms with van der Waals surface area (Å²) < 4.78 is 25.4. The maximum absolute atomic E-state index is 12.1. The third kappa shape index (κ3) is 5.01. The average molecular weight is 346 g/mol. The number of halogens is 1. The van der Waals surface area contributed by atoms with Crippen molar-refractivity contribution in [1.29, 1.82) is 0 Å². The second-order valence-corrected chi connectivity index (χ2v) is 7.08. The van der Waals surface area contributed by atoms with Crippen LogP contribution in [0.5, 0.6) is 0 Å². The van der Waals surface area contributed by atoms with Gasteiger partial charge in [0.15, 0.2) is 6.67 Å². The van der Waals surface area contributed by atoms with Gasteiger partial charge in [-0.05, 0) is 31.2 Å². The first-order chi connectivity index (χ1) is 9.89. The van der Waals surface area contributed by atoms with Gasteiger partial charge in [0.05, 0.1) is 12.0 Å². The predicted molar refractivity (Wildman–Crippen MR) is 81.5 cm³/mol. The predicted octanol–water partition coefficient (Wildman–Crippen LogP) is -3.11. The molecule has 0 aromatic heterocycles. The molecular formula is C14H20ClN3O3S. The van der Waals surface area contributed by atoms with Crippen molar-refractivity contribution in [3.63, 3.8) is 0 Å². The number of rotatable bonds is 6. The Kier molecular flexibility index (Phi) is 6.40. The summed E-state index contributed by atoms with van der Waals surface area (Å²) in [6.45, 7) is 2.74. The lowest BCUT2D eigenvalue weighted by molar-refractivity contribution is -0.839. The van der Waals surface area contributed by atoms with Gasteiger partial charge in [-0.25, -0.2) is 8.42 Å². The number of ketones is 1. The van der Waals surface area contributed by atoms with Gasteiger partial charge in [0, 0.05) is 18.3 Å². The van der Waals surface area contributed by atoms with Crippen LogP contribution in [-0.4, -0.2) is 45.1 Å². The van der Waals surface area contributed by atoms with E-state index in [1.165, 1.54) is 0 Å². The van der Waals surface area contributed by atoms with E-state index in [9.17, 15) is 13.2 Å². The van der Waals surface area contributed by atoms with Crippen molar-refractivity contribution >= 4 is 21.5 Å². The van der Waals surface area contributed by atoms with Crippen LogP contribution in [0.4, 0.5) is 5.69 Å². The van der Waals surface area contributed by atoms with Gasteiger partial charge >= 0.3 is 0 Å². The zero-order valence-electron chi connectivity index (χ0n) is 12.5. The summed E-state index contributed by atoms with van der Waals surface area (Å²) in [6.07, 6.45) is 3.91. The van der Waals surface area contributed by atoms with E-state index < -0.39 is 10.0 Å². The number of Topliss-reactive ketones (excluding diaryl/α,β-unsaturated/α-hetero) is 1. The van der Waals surface area contributed by atoms with Gasteiger partial charge in [-0.1, -0.05) is 0 Å². The van der Waals surface area contributed by atoms with Crippen molar-refractivity contribution in [1.82, 2.24) is 4.90 Å². The van der Waals surface area contributed by atoms with Crippen molar-refractivity contribution in [3.05, 3.63) is 42.2 Å². The Balaban J connectivity index is 0.00000242. The van der Waals surface area contributed by atoms with Crippen LogP contribution in [0.25, 0.3) is 0 Å². The van der Waals surface area contributed by atoms with Gasteiger partial charge < -0.3 is 17.3 Å². The number of hydrogen-bond donors (Lipinski definition) is 2. The van der Waals surface area contributed by atoms with Gasteiger partial charge in [-0.2, -0.15) is 0 Å². The number of nitrogens with one attached hydrogen (secondary N) is 2. The molecular weight excluding hydrogens is 326 g/mol. The molecule has 22 heavy (non-hydrogen) atoms. The zero-order valence-corrected chi connectivity index (χ0v) is 14.1. The van der Waals surface area contributed by atoms with E-state index in [4.69, 9.17) is 0 Å².